The molecule has 1 atom stereocenters. The van der Waals surface area contributed by atoms with Crippen LogP contribution in [0.3, 0.4) is 0 Å². The molecule has 18 heavy (non-hydrogen) atoms. The average Bonchev–Trinajstić information content (AvgIpc) is 2.37. The number of carbonyl (C=O) groups excluding carboxylic acids is 1. The summed E-state index contributed by atoms with van der Waals surface area (Å²) in [6, 6.07) is 8.17. The number of carbonyl (C=O) groups is 1. The molecule has 0 aromatic heterocycles. The number of amides is 1. The van der Waals surface area contributed by atoms with Crippen molar-refractivity contribution in [2.24, 2.45) is 11.7 Å². The highest BCUT2D eigenvalue weighted by atomic mass is 16.2. The Hall–Kier alpha value is -1.35. The van der Waals surface area contributed by atoms with Gasteiger partial charge >= 0.3 is 0 Å². The van der Waals surface area contributed by atoms with Gasteiger partial charge in [0.25, 0.3) is 0 Å². The summed E-state index contributed by atoms with van der Waals surface area (Å²) in [7, 11) is 1.82. The Kier molecular flexibility index (Phi) is 5.35. The van der Waals surface area contributed by atoms with E-state index in [9.17, 15) is 4.79 Å². The third-order valence-corrected chi connectivity index (χ3v) is 3.30. The molecule has 1 amide bonds. The topological polar surface area (TPSA) is 46.3 Å². The Labute approximate surface area is 110 Å². The van der Waals surface area contributed by atoms with E-state index in [-0.39, 0.29) is 11.8 Å². The van der Waals surface area contributed by atoms with Gasteiger partial charge in [0.2, 0.25) is 5.91 Å². The molecular formula is C15H24N2O. The molecule has 1 unspecified atom stereocenters. The fraction of sp³-hybridized carbons (Fsp3) is 0.533. The van der Waals surface area contributed by atoms with Crippen LogP contribution in [0, 0.1) is 5.92 Å². The van der Waals surface area contributed by atoms with Gasteiger partial charge in [-0.3, -0.25) is 4.79 Å². The lowest BCUT2D eigenvalue weighted by Crippen LogP contribution is -2.32. The normalized spacial score (nSPS) is 12.6. The zero-order valence-corrected chi connectivity index (χ0v) is 11.8. The van der Waals surface area contributed by atoms with Gasteiger partial charge in [0.15, 0.2) is 0 Å². The first-order chi connectivity index (χ1) is 8.47. The molecule has 0 radical (unpaired) electrons. The molecule has 0 saturated carbocycles. The molecule has 0 aliphatic rings. The Bertz CT molecular complexity index is 384. The second-order valence-electron chi connectivity index (χ2n) is 5.12. The molecule has 100 valence electrons. The Morgan fingerprint density at radius 3 is 2.22 bits per heavy atom. The molecule has 1 aromatic rings. The highest BCUT2D eigenvalue weighted by Gasteiger charge is 2.17. The molecule has 1 rings (SSSR count). The number of nitrogens with zero attached hydrogens (tertiary/aromatic N) is 1. The number of benzene rings is 1. The molecule has 0 spiro atoms. The monoisotopic (exact) mass is 248 g/mol. The van der Waals surface area contributed by atoms with Crippen LogP contribution >= 0.6 is 0 Å². The molecule has 0 fully saturated rings. The predicted octanol–water partition coefficient (Wildman–Crippen LogP) is 2.76. The summed E-state index contributed by atoms with van der Waals surface area (Å²) in [6.07, 6.45) is 0.729. The van der Waals surface area contributed by atoms with Crippen molar-refractivity contribution in [1.29, 1.82) is 0 Å². The van der Waals surface area contributed by atoms with Crippen molar-refractivity contribution in [3.8, 4) is 0 Å². The minimum atomic E-state index is -0.0234. The average molecular weight is 248 g/mol. The number of hydrogen-bond donors (Lipinski definition) is 1. The van der Waals surface area contributed by atoms with E-state index in [1.54, 1.807) is 4.90 Å². The summed E-state index contributed by atoms with van der Waals surface area (Å²) in [4.78, 5) is 13.8. The van der Waals surface area contributed by atoms with E-state index in [2.05, 4.69) is 26.0 Å². The van der Waals surface area contributed by atoms with Gasteiger partial charge in [-0.2, -0.15) is 0 Å². The van der Waals surface area contributed by atoms with Gasteiger partial charge in [-0.25, -0.2) is 0 Å². The van der Waals surface area contributed by atoms with Gasteiger partial charge in [-0.1, -0.05) is 32.9 Å². The molecule has 0 saturated heterocycles. The third kappa shape index (κ3) is 3.57. The Morgan fingerprint density at radius 1 is 1.22 bits per heavy atom. The van der Waals surface area contributed by atoms with Crippen LogP contribution in [0.15, 0.2) is 24.3 Å². The first-order valence-corrected chi connectivity index (χ1v) is 6.55. The number of rotatable bonds is 5. The largest absolute Gasteiger partial charge is 0.330 e. The van der Waals surface area contributed by atoms with E-state index in [1.807, 2.05) is 26.1 Å². The van der Waals surface area contributed by atoms with E-state index in [1.165, 1.54) is 5.56 Å². The van der Waals surface area contributed by atoms with Crippen molar-refractivity contribution in [2.75, 3.05) is 18.5 Å². The maximum Gasteiger partial charge on any atom is 0.229 e. The van der Waals surface area contributed by atoms with Crippen molar-refractivity contribution >= 4 is 11.6 Å². The first kappa shape index (κ1) is 14.7. The maximum atomic E-state index is 12.1. The molecule has 1 aromatic carbocycles. The van der Waals surface area contributed by atoms with E-state index in [0.717, 1.165) is 12.1 Å². The fourth-order valence-corrected chi connectivity index (χ4v) is 1.91. The number of nitrogens with two attached hydrogens (primary N) is 1. The summed E-state index contributed by atoms with van der Waals surface area (Å²) in [6.45, 7) is 6.79. The molecule has 3 nitrogen and oxygen atoms in total. The lowest BCUT2D eigenvalue weighted by Gasteiger charge is -2.21. The van der Waals surface area contributed by atoms with Crippen molar-refractivity contribution in [3.63, 3.8) is 0 Å². The van der Waals surface area contributed by atoms with Crippen LogP contribution in [-0.4, -0.2) is 19.5 Å². The van der Waals surface area contributed by atoms with E-state index in [0.29, 0.717) is 12.5 Å². The second kappa shape index (κ2) is 6.55. The minimum Gasteiger partial charge on any atom is -0.330 e. The lowest BCUT2D eigenvalue weighted by atomic mass is 10.0. The van der Waals surface area contributed by atoms with E-state index >= 15 is 0 Å². The SMILES string of the molecule is CC(CCN)C(=O)N(C)c1ccc(C(C)C)cc1. The predicted molar refractivity (Wildman–Crippen MR) is 76.8 cm³/mol. The van der Waals surface area contributed by atoms with Gasteiger partial charge in [0.05, 0.1) is 0 Å². The number of hydrogen-bond acceptors (Lipinski definition) is 2. The highest BCUT2D eigenvalue weighted by Crippen LogP contribution is 2.20. The minimum absolute atomic E-state index is 0.0234. The fourth-order valence-electron chi connectivity index (χ4n) is 1.91. The van der Waals surface area contributed by atoms with Crippen LogP contribution in [0.25, 0.3) is 0 Å². The number of anilines is 1. The summed E-state index contributed by atoms with van der Waals surface area (Å²) < 4.78 is 0. The third-order valence-electron chi connectivity index (χ3n) is 3.30. The molecule has 0 bridgehead atoms. The van der Waals surface area contributed by atoms with Crippen molar-refractivity contribution in [3.05, 3.63) is 29.8 Å². The smallest absolute Gasteiger partial charge is 0.229 e. The Balaban J connectivity index is 2.77. The molecular weight excluding hydrogens is 224 g/mol. The highest BCUT2D eigenvalue weighted by molar-refractivity contribution is 5.94. The van der Waals surface area contributed by atoms with E-state index < -0.39 is 0 Å². The zero-order valence-electron chi connectivity index (χ0n) is 11.8. The summed E-state index contributed by atoms with van der Waals surface area (Å²) in [5.41, 5.74) is 7.71. The first-order valence-electron chi connectivity index (χ1n) is 6.55. The quantitative estimate of drug-likeness (QED) is 0.871. The van der Waals surface area contributed by atoms with Gasteiger partial charge in [0, 0.05) is 18.7 Å². The van der Waals surface area contributed by atoms with Crippen LogP contribution in [0.1, 0.15) is 38.7 Å². The van der Waals surface area contributed by atoms with Crippen LogP contribution in [0.2, 0.25) is 0 Å². The van der Waals surface area contributed by atoms with Gasteiger partial charge in [0.1, 0.15) is 0 Å². The van der Waals surface area contributed by atoms with Gasteiger partial charge in [-0.15, -0.1) is 0 Å². The molecule has 0 aliphatic heterocycles. The Morgan fingerprint density at radius 2 is 1.78 bits per heavy atom. The van der Waals surface area contributed by atoms with Crippen molar-refractivity contribution < 1.29 is 4.79 Å². The summed E-state index contributed by atoms with van der Waals surface area (Å²) in [5, 5.41) is 0. The molecule has 0 heterocycles. The van der Waals surface area contributed by atoms with Gasteiger partial charge in [-0.05, 0) is 36.6 Å². The maximum absolute atomic E-state index is 12.1. The second-order valence-corrected chi connectivity index (χ2v) is 5.12. The summed E-state index contributed by atoms with van der Waals surface area (Å²) >= 11 is 0. The molecule has 0 aliphatic carbocycles. The van der Waals surface area contributed by atoms with Gasteiger partial charge < -0.3 is 10.6 Å². The van der Waals surface area contributed by atoms with E-state index in [4.69, 9.17) is 5.73 Å². The van der Waals surface area contributed by atoms with Crippen molar-refractivity contribution in [2.45, 2.75) is 33.1 Å². The standard InChI is InChI=1S/C15H24N2O/c1-11(2)13-5-7-14(8-6-13)17(4)15(18)12(3)9-10-16/h5-8,11-12H,9-10,16H2,1-4H3. The molecule has 3 heteroatoms. The van der Waals surface area contributed by atoms with Crippen LogP contribution in [0.5, 0.6) is 0 Å². The van der Waals surface area contributed by atoms with Crippen LogP contribution in [-0.2, 0) is 4.79 Å². The molecule has 2 N–H and O–H groups in total. The lowest BCUT2D eigenvalue weighted by molar-refractivity contribution is -0.121. The van der Waals surface area contributed by atoms with Crippen molar-refractivity contribution in [1.82, 2.24) is 0 Å². The zero-order chi connectivity index (χ0) is 13.7. The van der Waals surface area contributed by atoms with Crippen LogP contribution in [0.4, 0.5) is 5.69 Å². The summed E-state index contributed by atoms with van der Waals surface area (Å²) in [5.74, 6) is 0.610. The van der Waals surface area contributed by atoms with Crippen LogP contribution < -0.4 is 10.6 Å².